The first-order chi connectivity index (χ1) is 14.5. The number of carbonyl (C=O) groups excluding carboxylic acids is 4. The molecule has 0 atom stereocenters. The maximum Gasteiger partial charge on any atom is 0.326 e. The number of hydrogen-bond acceptors (Lipinski definition) is 6. The molecule has 30 heavy (non-hydrogen) atoms. The minimum absolute atomic E-state index is 0.126. The van der Waals surface area contributed by atoms with E-state index in [1.165, 1.54) is 9.80 Å². The van der Waals surface area contributed by atoms with Gasteiger partial charge in [-0.2, -0.15) is 0 Å². The van der Waals surface area contributed by atoms with Gasteiger partial charge in [-0.25, -0.2) is 0 Å². The molecule has 154 valence electrons. The summed E-state index contributed by atoms with van der Waals surface area (Å²) in [7, 11) is 0. The Morgan fingerprint density at radius 1 is 1.03 bits per heavy atom. The maximum absolute atomic E-state index is 12.6. The Morgan fingerprint density at radius 2 is 1.77 bits per heavy atom. The molecule has 2 aromatic carbocycles. The quantitative estimate of drug-likeness (QED) is 0.764. The van der Waals surface area contributed by atoms with Crippen LogP contribution in [0, 0.1) is 0 Å². The Balaban J connectivity index is 1.41. The summed E-state index contributed by atoms with van der Waals surface area (Å²) in [5.41, 5.74) is 1.53. The lowest BCUT2D eigenvalue weighted by Crippen LogP contribution is -2.44. The number of ether oxygens (including phenoxy) is 2. The minimum atomic E-state index is -0.733. The van der Waals surface area contributed by atoms with Gasteiger partial charge in [-0.15, -0.1) is 0 Å². The molecular formula is C21H19N3O6. The minimum Gasteiger partial charge on any atom is -0.491 e. The molecule has 0 bridgehead atoms. The molecule has 2 aromatic rings. The smallest absolute Gasteiger partial charge is 0.326 e. The topological polar surface area (TPSA) is 105 Å². The molecular weight excluding hydrogens is 390 g/mol. The number of amides is 3. The molecule has 0 aliphatic carbocycles. The van der Waals surface area contributed by atoms with E-state index in [0.717, 1.165) is 0 Å². The summed E-state index contributed by atoms with van der Waals surface area (Å²) in [6, 6.07) is 13.8. The Morgan fingerprint density at radius 3 is 2.60 bits per heavy atom. The van der Waals surface area contributed by atoms with Gasteiger partial charge in [0.05, 0.1) is 30.1 Å². The number of esters is 1. The molecule has 2 aliphatic rings. The highest BCUT2D eigenvalue weighted by Gasteiger charge is 2.29. The number of nitrogens with one attached hydrogen (secondary N) is 1. The molecule has 9 heteroatoms. The molecule has 4 rings (SSSR count). The van der Waals surface area contributed by atoms with E-state index in [-0.39, 0.29) is 37.9 Å². The fourth-order valence-electron chi connectivity index (χ4n) is 3.34. The lowest BCUT2D eigenvalue weighted by atomic mass is 10.2. The van der Waals surface area contributed by atoms with Crippen LogP contribution >= 0.6 is 0 Å². The van der Waals surface area contributed by atoms with Gasteiger partial charge >= 0.3 is 5.97 Å². The van der Waals surface area contributed by atoms with Crippen LogP contribution in [0.2, 0.25) is 0 Å². The molecule has 0 fully saturated rings. The number of para-hydroxylation sites is 4. The molecule has 0 unspecified atom stereocenters. The number of benzene rings is 2. The van der Waals surface area contributed by atoms with Crippen molar-refractivity contribution in [3.05, 3.63) is 48.5 Å². The monoisotopic (exact) mass is 409 g/mol. The number of anilines is 3. The fraction of sp³-hybridized carbons (Fsp3) is 0.238. The zero-order chi connectivity index (χ0) is 21.1. The van der Waals surface area contributed by atoms with Crippen LogP contribution in [0.25, 0.3) is 0 Å². The van der Waals surface area contributed by atoms with Crippen LogP contribution in [0.4, 0.5) is 17.1 Å². The average molecular weight is 409 g/mol. The molecule has 0 saturated carbocycles. The fourth-order valence-corrected chi connectivity index (χ4v) is 3.34. The third kappa shape index (κ3) is 3.95. The summed E-state index contributed by atoms with van der Waals surface area (Å²) < 4.78 is 10.7. The molecule has 0 radical (unpaired) electrons. The van der Waals surface area contributed by atoms with E-state index >= 15 is 0 Å². The van der Waals surface area contributed by atoms with Crippen LogP contribution < -0.4 is 19.9 Å². The van der Waals surface area contributed by atoms with Gasteiger partial charge in [-0.1, -0.05) is 24.3 Å². The molecule has 9 nitrogen and oxygen atoms in total. The van der Waals surface area contributed by atoms with Crippen molar-refractivity contribution in [2.75, 3.05) is 41.4 Å². The summed E-state index contributed by atoms with van der Waals surface area (Å²) >= 11 is 0. The summed E-state index contributed by atoms with van der Waals surface area (Å²) in [5, 5.41) is 2.69. The largest absolute Gasteiger partial charge is 0.491 e. The Labute approximate surface area is 172 Å². The first kappa shape index (κ1) is 19.4. The first-order valence-electron chi connectivity index (χ1n) is 9.40. The molecule has 3 amide bonds. The SMILES string of the molecule is O=C1CN(C(=O)COC(=O)CN2C(=O)CCOc3ccccc32)c2ccccc2N1. The van der Waals surface area contributed by atoms with Crippen molar-refractivity contribution < 1.29 is 28.7 Å². The second kappa shape index (κ2) is 8.24. The van der Waals surface area contributed by atoms with Crippen molar-refractivity contribution in [3.8, 4) is 5.75 Å². The number of rotatable bonds is 4. The summed E-state index contributed by atoms with van der Waals surface area (Å²) in [6.07, 6.45) is 0.126. The lowest BCUT2D eigenvalue weighted by Gasteiger charge is -2.29. The highest BCUT2D eigenvalue weighted by Crippen LogP contribution is 2.31. The van der Waals surface area contributed by atoms with E-state index < -0.39 is 18.5 Å². The standard InChI is InChI=1S/C21H19N3O6/c25-18-11-23(15-6-2-1-5-14(15)22-18)20(27)13-30-21(28)12-24-16-7-3-4-8-17(16)29-10-9-19(24)26/h1-8H,9-13H2,(H,22,25). The molecule has 0 saturated heterocycles. The van der Waals surface area contributed by atoms with Gasteiger partial charge in [0, 0.05) is 0 Å². The number of carbonyl (C=O) groups is 4. The van der Waals surface area contributed by atoms with Gasteiger partial charge in [-0.05, 0) is 24.3 Å². The van der Waals surface area contributed by atoms with Crippen molar-refractivity contribution in [2.24, 2.45) is 0 Å². The predicted molar refractivity (Wildman–Crippen MR) is 107 cm³/mol. The average Bonchev–Trinajstić information content (AvgIpc) is 2.90. The third-order valence-electron chi connectivity index (χ3n) is 4.75. The Kier molecular flexibility index (Phi) is 5.34. The van der Waals surface area contributed by atoms with Crippen LogP contribution in [0.15, 0.2) is 48.5 Å². The van der Waals surface area contributed by atoms with Crippen molar-refractivity contribution in [1.29, 1.82) is 0 Å². The van der Waals surface area contributed by atoms with E-state index in [0.29, 0.717) is 22.8 Å². The van der Waals surface area contributed by atoms with Gasteiger partial charge in [0.25, 0.3) is 5.91 Å². The van der Waals surface area contributed by atoms with Crippen LogP contribution in [-0.4, -0.2) is 50.0 Å². The summed E-state index contributed by atoms with van der Waals surface area (Å²) in [6.45, 7) is -0.830. The van der Waals surface area contributed by atoms with Crippen LogP contribution in [-0.2, 0) is 23.9 Å². The van der Waals surface area contributed by atoms with E-state index in [9.17, 15) is 19.2 Å². The normalized spacial score (nSPS) is 15.3. The summed E-state index contributed by atoms with van der Waals surface area (Å²) in [4.78, 5) is 51.8. The predicted octanol–water partition coefficient (Wildman–Crippen LogP) is 1.33. The number of hydrogen-bond donors (Lipinski definition) is 1. The second-order valence-electron chi connectivity index (χ2n) is 6.75. The highest BCUT2D eigenvalue weighted by molar-refractivity contribution is 6.10. The maximum atomic E-state index is 12.6. The van der Waals surface area contributed by atoms with E-state index in [2.05, 4.69) is 5.32 Å². The third-order valence-corrected chi connectivity index (χ3v) is 4.75. The van der Waals surface area contributed by atoms with Crippen LogP contribution in [0.1, 0.15) is 6.42 Å². The number of fused-ring (bicyclic) bond motifs is 2. The molecule has 0 spiro atoms. The Hall–Kier alpha value is -3.88. The van der Waals surface area contributed by atoms with Crippen LogP contribution in [0.5, 0.6) is 5.75 Å². The van der Waals surface area contributed by atoms with Gasteiger partial charge in [0.15, 0.2) is 6.61 Å². The lowest BCUT2D eigenvalue weighted by molar-refractivity contribution is -0.147. The zero-order valence-electron chi connectivity index (χ0n) is 16.0. The van der Waals surface area contributed by atoms with Crippen LogP contribution in [0.3, 0.4) is 0 Å². The summed E-state index contributed by atoms with van der Waals surface area (Å²) in [5.74, 6) is -1.37. The van der Waals surface area contributed by atoms with Gasteiger partial charge in [-0.3, -0.25) is 29.0 Å². The molecule has 0 aromatic heterocycles. The van der Waals surface area contributed by atoms with E-state index in [1.807, 2.05) is 0 Å². The first-order valence-corrected chi connectivity index (χ1v) is 9.40. The molecule has 2 aliphatic heterocycles. The van der Waals surface area contributed by atoms with Gasteiger partial charge < -0.3 is 14.8 Å². The van der Waals surface area contributed by atoms with Crippen molar-refractivity contribution >= 4 is 40.8 Å². The highest BCUT2D eigenvalue weighted by atomic mass is 16.5. The molecule has 1 N–H and O–H groups in total. The van der Waals surface area contributed by atoms with Gasteiger partial charge in [0.1, 0.15) is 18.8 Å². The molecule has 2 heterocycles. The Bertz CT molecular complexity index is 1020. The van der Waals surface area contributed by atoms with Crippen molar-refractivity contribution in [1.82, 2.24) is 0 Å². The van der Waals surface area contributed by atoms with Crippen molar-refractivity contribution in [2.45, 2.75) is 6.42 Å². The number of nitrogens with zero attached hydrogens (tertiary/aromatic N) is 2. The van der Waals surface area contributed by atoms with Crippen molar-refractivity contribution in [3.63, 3.8) is 0 Å². The van der Waals surface area contributed by atoms with E-state index in [1.54, 1.807) is 48.5 Å². The van der Waals surface area contributed by atoms with E-state index in [4.69, 9.17) is 9.47 Å². The zero-order valence-corrected chi connectivity index (χ0v) is 16.0. The van der Waals surface area contributed by atoms with Gasteiger partial charge in [0.2, 0.25) is 11.8 Å². The second-order valence-corrected chi connectivity index (χ2v) is 6.75.